The zero-order valence-electron chi connectivity index (χ0n) is 13.6. The van der Waals surface area contributed by atoms with Gasteiger partial charge in [0, 0.05) is 46.7 Å². The third-order valence-corrected chi connectivity index (χ3v) is 4.96. The fourth-order valence-electron chi connectivity index (χ4n) is 3.51. The molecular formula is C20H19ClN2O. The number of nitrogens with one attached hydrogen (secondary N) is 1. The van der Waals surface area contributed by atoms with Crippen LogP contribution in [0.2, 0.25) is 5.02 Å². The number of fused-ring (bicyclic) bond motifs is 3. The van der Waals surface area contributed by atoms with Gasteiger partial charge in [0.05, 0.1) is 6.42 Å². The number of halogens is 1. The molecule has 2 heterocycles. The van der Waals surface area contributed by atoms with Crippen molar-refractivity contribution in [2.24, 2.45) is 0 Å². The first-order chi connectivity index (χ1) is 11.6. The predicted octanol–water partition coefficient (Wildman–Crippen LogP) is 4.26. The van der Waals surface area contributed by atoms with E-state index in [1.165, 1.54) is 16.8 Å². The number of aryl methyl sites for hydroxylation is 1. The first-order valence-corrected chi connectivity index (χ1v) is 8.60. The Morgan fingerprint density at radius 3 is 2.96 bits per heavy atom. The fraction of sp³-hybridized carbons (Fsp3) is 0.250. The van der Waals surface area contributed by atoms with Gasteiger partial charge < -0.3 is 9.88 Å². The van der Waals surface area contributed by atoms with Gasteiger partial charge in [-0.15, -0.1) is 0 Å². The van der Waals surface area contributed by atoms with Crippen molar-refractivity contribution in [1.82, 2.24) is 9.88 Å². The van der Waals surface area contributed by atoms with Crippen LogP contribution in [0.25, 0.3) is 10.9 Å². The normalized spacial score (nSPS) is 14.0. The Bertz CT molecular complexity index is 929. The van der Waals surface area contributed by atoms with Crippen LogP contribution in [0, 0.1) is 6.92 Å². The Morgan fingerprint density at radius 1 is 1.25 bits per heavy atom. The molecule has 1 aromatic heterocycles. The van der Waals surface area contributed by atoms with Crippen molar-refractivity contribution < 1.29 is 4.79 Å². The number of H-pyrrole nitrogens is 1. The molecule has 24 heavy (non-hydrogen) atoms. The van der Waals surface area contributed by atoms with E-state index < -0.39 is 0 Å². The zero-order chi connectivity index (χ0) is 16.7. The van der Waals surface area contributed by atoms with Gasteiger partial charge in [-0.3, -0.25) is 4.79 Å². The van der Waals surface area contributed by atoms with Gasteiger partial charge in [-0.25, -0.2) is 0 Å². The standard InChI is InChI=1S/C20H19ClN2O/c1-13-3-2-4-14(9-13)10-20(24)23-8-7-19-17(12-23)16-11-15(21)5-6-18(16)22-19/h2-6,9,11,22H,7-8,10,12H2,1H3. The van der Waals surface area contributed by atoms with E-state index in [2.05, 4.69) is 24.0 Å². The van der Waals surface area contributed by atoms with Crippen molar-refractivity contribution in [2.45, 2.75) is 26.3 Å². The van der Waals surface area contributed by atoms with Gasteiger partial charge in [-0.05, 0) is 30.7 Å². The number of aromatic nitrogens is 1. The molecule has 1 N–H and O–H groups in total. The summed E-state index contributed by atoms with van der Waals surface area (Å²) in [4.78, 5) is 18.1. The lowest BCUT2D eigenvalue weighted by atomic mass is 10.0. The molecule has 0 spiro atoms. The van der Waals surface area contributed by atoms with Crippen LogP contribution in [0.5, 0.6) is 0 Å². The van der Waals surface area contributed by atoms with Crippen LogP contribution in [0.15, 0.2) is 42.5 Å². The Hall–Kier alpha value is -2.26. The highest BCUT2D eigenvalue weighted by Gasteiger charge is 2.24. The van der Waals surface area contributed by atoms with E-state index in [4.69, 9.17) is 11.6 Å². The van der Waals surface area contributed by atoms with E-state index in [0.29, 0.717) is 13.0 Å². The number of carbonyl (C=O) groups excluding carboxylic acids is 1. The van der Waals surface area contributed by atoms with Crippen LogP contribution in [0.3, 0.4) is 0 Å². The second-order valence-electron chi connectivity index (χ2n) is 6.50. The summed E-state index contributed by atoms with van der Waals surface area (Å²) in [6, 6.07) is 14.1. The van der Waals surface area contributed by atoms with Crippen LogP contribution in [-0.2, 0) is 24.2 Å². The largest absolute Gasteiger partial charge is 0.358 e. The predicted molar refractivity (Wildman–Crippen MR) is 97.3 cm³/mol. The quantitative estimate of drug-likeness (QED) is 0.744. The Morgan fingerprint density at radius 2 is 2.12 bits per heavy atom. The second kappa shape index (κ2) is 5.99. The van der Waals surface area contributed by atoms with Crippen molar-refractivity contribution in [3.05, 3.63) is 69.9 Å². The highest BCUT2D eigenvalue weighted by atomic mass is 35.5. The molecule has 0 saturated carbocycles. The maximum absolute atomic E-state index is 12.7. The van der Waals surface area contributed by atoms with Gasteiger partial charge in [0.25, 0.3) is 0 Å². The zero-order valence-corrected chi connectivity index (χ0v) is 14.4. The molecule has 0 radical (unpaired) electrons. The first kappa shape index (κ1) is 15.3. The van der Waals surface area contributed by atoms with Gasteiger partial charge in [-0.2, -0.15) is 0 Å². The average molecular weight is 339 g/mol. The van der Waals surface area contributed by atoms with Gasteiger partial charge in [-0.1, -0.05) is 41.4 Å². The number of hydrogen-bond donors (Lipinski definition) is 1. The van der Waals surface area contributed by atoms with Crippen LogP contribution in [0.1, 0.15) is 22.4 Å². The fourth-order valence-corrected chi connectivity index (χ4v) is 3.68. The number of rotatable bonds is 2. The number of aromatic amines is 1. The number of benzene rings is 2. The second-order valence-corrected chi connectivity index (χ2v) is 6.94. The summed E-state index contributed by atoms with van der Waals surface area (Å²) in [6.07, 6.45) is 1.32. The number of amides is 1. The van der Waals surface area contributed by atoms with Gasteiger partial charge in [0.15, 0.2) is 0 Å². The Labute approximate surface area is 146 Å². The summed E-state index contributed by atoms with van der Waals surface area (Å²) in [5, 5.41) is 1.86. The van der Waals surface area contributed by atoms with Crippen molar-refractivity contribution in [2.75, 3.05) is 6.54 Å². The van der Waals surface area contributed by atoms with Crippen molar-refractivity contribution in [3.63, 3.8) is 0 Å². The lowest BCUT2D eigenvalue weighted by Gasteiger charge is -2.27. The van der Waals surface area contributed by atoms with Gasteiger partial charge in [0.1, 0.15) is 0 Å². The van der Waals surface area contributed by atoms with Crippen molar-refractivity contribution in [1.29, 1.82) is 0 Å². The van der Waals surface area contributed by atoms with Crippen LogP contribution in [0.4, 0.5) is 0 Å². The summed E-state index contributed by atoms with van der Waals surface area (Å²) in [6.45, 7) is 3.47. The third-order valence-electron chi connectivity index (χ3n) is 4.73. The number of hydrogen-bond acceptors (Lipinski definition) is 1. The van der Waals surface area contributed by atoms with E-state index in [1.54, 1.807) is 0 Å². The molecule has 0 saturated heterocycles. The lowest BCUT2D eigenvalue weighted by molar-refractivity contribution is -0.131. The summed E-state index contributed by atoms with van der Waals surface area (Å²) < 4.78 is 0. The minimum atomic E-state index is 0.183. The highest BCUT2D eigenvalue weighted by molar-refractivity contribution is 6.31. The smallest absolute Gasteiger partial charge is 0.227 e. The number of nitrogens with zero attached hydrogens (tertiary/aromatic N) is 1. The Kier molecular flexibility index (Phi) is 3.81. The minimum Gasteiger partial charge on any atom is -0.358 e. The molecule has 1 aliphatic rings. The van der Waals surface area contributed by atoms with E-state index in [1.807, 2.05) is 35.2 Å². The maximum atomic E-state index is 12.7. The van der Waals surface area contributed by atoms with Gasteiger partial charge in [0.2, 0.25) is 5.91 Å². The molecule has 122 valence electrons. The summed E-state index contributed by atoms with van der Waals surface area (Å²) in [5.41, 5.74) is 5.79. The molecule has 3 aromatic rings. The molecule has 1 amide bonds. The monoisotopic (exact) mass is 338 g/mol. The summed E-state index contributed by atoms with van der Waals surface area (Å²) in [7, 11) is 0. The summed E-state index contributed by atoms with van der Waals surface area (Å²) >= 11 is 6.14. The van der Waals surface area contributed by atoms with Crippen LogP contribution >= 0.6 is 11.6 Å². The molecule has 4 rings (SSSR count). The molecule has 3 nitrogen and oxygen atoms in total. The van der Waals surface area contributed by atoms with E-state index in [9.17, 15) is 4.79 Å². The van der Waals surface area contributed by atoms with E-state index >= 15 is 0 Å². The molecule has 0 bridgehead atoms. The van der Waals surface area contributed by atoms with Crippen LogP contribution in [-0.4, -0.2) is 22.3 Å². The van der Waals surface area contributed by atoms with Crippen molar-refractivity contribution >= 4 is 28.4 Å². The SMILES string of the molecule is Cc1cccc(CC(=O)N2CCc3[nH]c4ccc(Cl)cc4c3C2)c1. The molecular weight excluding hydrogens is 320 g/mol. The molecule has 0 aliphatic carbocycles. The third kappa shape index (κ3) is 2.80. The van der Waals surface area contributed by atoms with E-state index in [0.717, 1.165) is 34.5 Å². The molecule has 1 aliphatic heterocycles. The summed E-state index contributed by atoms with van der Waals surface area (Å²) in [5.74, 6) is 0.183. The molecule has 0 unspecified atom stereocenters. The van der Waals surface area contributed by atoms with E-state index in [-0.39, 0.29) is 5.91 Å². The molecule has 0 fully saturated rings. The lowest BCUT2D eigenvalue weighted by Crippen LogP contribution is -2.36. The van der Waals surface area contributed by atoms with Crippen molar-refractivity contribution in [3.8, 4) is 0 Å². The molecule has 2 aromatic carbocycles. The molecule has 0 atom stereocenters. The number of carbonyl (C=O) groups is 1. The van der Waals surface area contributed by atoms with Gasteiger partial charge >= 0.3 is 0 Å². The first-order valence-electron chi connectivity index (χ1n) is 8.22. The Balaban J connectivity index is 1.58. The van der Waals surface area contributed by atoms with Crippen LogP contribution < -0.4 is 0 Å². The molecule has 4 heteroatoms. The highest BCUT2D eigenvalue weighted by Crippen LogP contribution is 2.30. The minimum absolute atomic E-state index is 0.183. The topological polar surface area (TPSA) is 36.1 Å². The average Bonchev–Trinajstić information content (AvgIpc) is 2.92. The maximum Gasteiger partial charge on any atom is 0.227 e.